The van der Waals surface area contributed by atoms with Gasteiger partial charge in [0.05, 0.1) is 13.2 Å². The molecule has 8 heteroatoms. The fourth-order valence-corrected chi connectivity index (χ4v) is 2.66. The molecule has 8 nitrogen and oxygen atoms in total. The monoisotopic (exact) mass is 318 g/mol. The quantitative estimate of drug-likeness (QED) is 0.870. The van der Waals surface area contributed by atoms with Crippen molar-refractivity contribution >= 4 is 17.5 Å². The topological polar surface area (TPSA) is 88.2 Å². The summed E-state index contributed by atoms with van der Waals surface area (Å²) in [5.41, 5.74) is 0.982. The summed E-state index contributed by atoms with van der Waals surface area (Å²) in [5.74, 6) is 2.22. The van der Waals surface area contributed by atoms with E-state index < -0.39 is 0 Å². The number of H-pyrrole nitrogens is 1. The number of nitrogens with zero attached hydrogens (tertiary/aromatic N) is 4. The van der Waals surface area contributed by atoms with Crippen LogP contribution in [0.3, 0.4) is 0 Å². The number of ether oxygens (including phenoxy) is 2. The van der Waals surface area contributed by atoms with Crippen LogP contribution in [0.5, 0.6) is 6.01 Å². The van der Waals surface area contributed by atoms with Crippen molar-refractivity contribution in [1.29, 1.82) is 0 Å². The van der Waals surface area contributed by atoms with Crippen molar-refractivity contribution in [2.75, 3.05) is 37.5 Å². The highest BCUT2D eigenvalue weighted by atomic mass is 16.5. The molecule has 0 amide bonds. The lowest BCUT2D eigenvalue weighted by atomic mass is 10.1. The van der Waals surface area contributed by atoms with Crippen LogP contribution in [0.2, 0.25) is 0 Å². The number of methoxy groups -OCH3 is 2. The molecule has 0 unspecified atom stereocenters. The van der Waals surface area contributed by atoms with Crippen LogP contribution in [-0.2, 0) is 4.74 Å². The standard InChI is InChI=1S/C15H22N6O2/c1-10-8-13(20-19-10)16-12-9-14(18-15(17-12)23-3)21-6-4-11(22-2)5-7-21/h8-9,11H,4-7H2,1-3H3,(H2,16,17,18,19,20). The van der Waals surface area contributed by atoms with E-state index in [1.165, 1.54) is 0 Å². The number of anilines is 3. The Morgan fingerprint density at radius 3 is 2.57 bits per heavy atom. The first-order chi connectivity index (χ1) is 11.2. The molecule has 1 aliphatic heterocycles. The summed E-state index contributed by atoms with van der Waals surface area (Å²) in [6, 6.07) is 4.17. The van der Waals surface area contributed by atoms with Gasteiger partial charge in [0, 0.05) is 38.0 Å². The van der Waals surface area contributed by atoms with Gasteiger partial charge in [-0.1, -0.05) is 0 Å². The first-order valence-corrected chi connectivity index (χ1v) is 7.68. The molecule has 23 heavy (non-hydrogen) atoms. The maximum absolute atomic E-state index is 5.42. The van der Waals surface area contributed by atoms with Crippen LogP contribution in [0.25, 0.3) is 0 Å². The molecule has 0 bridgehead atoms. The minimum Gasteiger partial charge on any atom is -0.467 e. The predicted molar refractivity (Wildman–Crippen MR) is 87.4 cm³/mol. The Morgan fingerprint density at radius 2 is 1.96 bits per heavy atom. The molecule has 124 valence electrons. The van der Waals surface area contributed by atoms with Crippen LogP contribution < -0.4 is 15.0 Å². The highest BCUT2D eigenvalue weighted by molar-refractivity contribution is 5.57. The maximum atomic E-state index is 5.42. The average Bonchev–Trinajstić information content (AvgIpc) is 2.99. The Kier molecular flexibility index (Phi) is 4.61. The second-order valence-electron chi connectivity index (χ2n) is 5.58. The molecule has 2 aromatic heterocycles. The van der Waals surface area contributed by atoms with Gasteiger partial charge < -0.3 is 19.7 Å². The fraction of sp³-hybridized carbons (Fsp3) is 0.533. The van der Waals surface area contributed by atoms with Crippen LogP contribution in [0.1, 0.15) is 18.5 Å². The Hall–Kier alpha value is -2.35. The molecule has 2 aromatic rings. The summed E-state index contributed by atoms with van der Waals surface area (Å²) >= 11 is 0. The van der Waals surface area contributed by atoms with Gasteiger partial charge in [0.15, 0.2) is 5.82 Å². The van der Waals surface area contributed by atoms with Gasteiger partial charge in [-0.25, -0.2) is 0 Å². The zero-order chi connectivity index (χ0) is 16.2. The summed E-state index contributed by atoms with van der Waals surface area (Å²) in [5, 5.41) is 10.2. The zero-order valence-electron chi connectivity index (χ0n) is 13.7. The predicted octanol–water partition coefficient (Wildman–Crippen LogP) is 1.88. The lowest BCUT2D eigenvalue weighted by Gasteiger charge is -2.32. The van der Waals surface area contributed by atoms with E-state index in [1.54, 1.807) is 14.2 Å². The molecule has 0 aliphatic carbocycles. The summed E-state index contributed by atoms with van der Waals surface area (Å²) in [6.07, 6.45) is 2.31. The van der Waals surface area contributed by atoms with Gasteiger partial charge in [-0.2, -0.15) is 15.1 Å². The van der Waals surface area contributed by atoms with E-state index >= 15 is 0 Å². The number of aromatic amines is 1. The van der Waals surface area contributed by atoms with Crippen LogP contribution in [0.15, 0.2) is 12.1 Å². The van der Waals surface area contributed by atoms with Gasteiger partial charge in [-0.15, -0.1) is 0 Å². The molecular formula is C15H22N6O2. The van der Waals surface area contributed by atoms with E-state index in [4.69, 9.17) is 9.47 Å². The number of rotatable bonds is 5. The summed E-state index contributed by atoms with van der Waals surface area (Å²) in [7, 11) is 3.33. The Bertz CT molecular complexity index is 651. The van der Waals surface area contributed by atoms with Crippen molar-refractivity contribution in [3.05, 3.63) is 17.8 Å². The SMILES string of the molecule is COc1nc(Nc2cc(C)[nH]n2)cc(N2CCC(OC)CC2)n1. The molecule has 0 radical (unpaired) electrons. The van der Waals surface area contributed by atoms with E-state index in [9.17, 15) is 0 Å². The first-order valence-electron chi connectivity index (χ1n) is 7.68. The zero-order valence-corrected chi connectivity index (χ0v) is 13.7. The molecule has 0 spiro atoms. The number of nitrogens with one attached hydrogen (secondary N) is 2. The highest BCUT2D eigenvalue weighted by Crippen LogP contribution is 2.25. The lowest BCUT2D eigenvalue weighted by Crippen LogP contribution is -2.37. The van der Waals surface area contributed by atoms with Crippen molar-refractivity contribution in [2.45, 2.75) is 25.9 Å². The average molecular weight is 318 g/mol. The second kappa shape index (κ2) is 6.82. The van der Waals surface area contributed by atoms with Crippen LogP contribution in [0.4, 0.5) is 17.5 Å². The molecule has 2 N–H and O–H groups in total. The van der Waals surface area contributed by atoms with Gasteiger partial charge in [0.25, 0.3) is 0 Å². The molecule has 0 aromatic carbocycles. The van der Waals surface area contributed by atoms with Crippen LogP contribution in [-0.4, -0.2) is 53.6 Å². The van der Waals surface area contributed by atoms with Crippen molar-refractivity contribution in [3.8, 4) is 6.01 Å². The first kappa shape index (κ1) is 15.5. The van der Waals surface area contributed by atoms with Crippen molar-refractivity contribution in [1.82, 2.24) is 20.2 Å². The molecule has 1 aliphatic rings. The van der Waals surface area contributed by atoms with E-state index in [0.717, 1.165) is 37.4 Å². The lowest BCUT2D eigenvalue weighted by molar-refractivity contribution is 0.0818. The van der Waals surface area contributed by atoms with Gasteiger partial charge >= 0.3 is 6.01 Å². The van der Waals surface area contributed by atoms with E-state index in [2.05, 4.69) is 30.4 Å². The Balaban J connectivity index is 1.79. The third-order valence-electron chi connectivity index (χ3n) is 3.94. The molecule has 3 heterocycles. The van der Waals surface area contributed by atoms with Crippen molar-refractivity contribution < 1.29 is 9.47 Å². The summed E-state index contributed by atoms with van der Waals surface area (Å²) < 4.78 is 10.6. The fourth-order valence-electron chi connectivity index (χ4n) is 2.66. The minimum absolute atomic E-state index is 0.333. The van der Waals surface area contributed by atoms with Gasteiger partial charge in [-0.05, 0) is 19.8 Å². The Morgan fingerprint density at radius 1 is 1.17 bits per heavy atom. The Labute approximate surface area is 135 Å². The molecule has 0 saturated carbocycles. The van der Waals surface area contributed by atoms with Crippen LogP contribution in [0, 0.1) is 6.92 Å². The maximum Gasteiger partial charge on any atom is 0.320 e. The van der Waals surface area contributed by atoms with Gasteiger partial charge in [-0.3, -0.25) is 5.10 Å². The van der Waals surface area contributed by atoms with E-state index in [-0.39, 0.29) is 0 Å². The number of piperidine rings is 1. The smallest absolute Gasteiger partial charge is 0.320 e. The molecule has 1 fully saturated rings. The highest BCUT2D eigenvalue weighted by Gasteiger charge is 2.21. The van der Waals surface area contributed by atoms with Crippen molar-refractivity contribution in [3.63, 3.8) is 0 Å². The molecule has 0 atom stereocenters. The van der Waals surface area contributed by atoms with Gasteiger partial charge in [0.1, 0.15) is 11.6 Å². The molecular weight excluding hydrogens is 296 g/mol. The summed E-state index contributed by atoms with van der Waals surface area (Å²) in [4.78, 5) is 11.0. The van der Waals surface area contributed by atoms with E-state index in [1.807, 2.05) is 19.1 Å². The normalized spacial score (nSPS) is 15.7. The third kappa shape index (κ3) is 3.70. The number of aromatic nitrogens is 4. The van der Waals surface area contributed by atoms with Crippen LogP contribution >= 0.6 is 0 Å². The number of hydrogen-bond donors (Lipinski definition) is 2. The number of hydrogen-bond acceptors (Lipinski definition) is 7. The third-order valence-corrected chi connectivity index (χ3v) is 3.94. The second-order valence-corrected chi connectivity index (χ2v) is 5.58. The minimum atomic E-state index is 0.333. The molecule has 3 rings (SSSR count). The number of aryl methyl sites for hydroxylation is 1. The largest absolute Gasteiger partial charge is 0.467 e. The van der Waals surface area contributed by atoms with Gasteiger partial charge in [0.2, 0.25) is 0 Å². The molecule has 1 saturated heterocycles. The van der Waals surface area contributed by atoms with Crippen molar-refractivity contribution in [2.24, 2.45) is 0 Å². The van der Waals surface area contributed by atoms with E-state index in [0.29, 0.717) is 23.8 Å². The summed E-state index contributed by atoms with van der Waals surface area (Å²) in [6.45, 7) is 3.75.